The van der Waals surface area contributed by atoms with Crippen LogP contribution in [0, 0.1) is 12.7 Å². The van der Waals surface area contributed by atoms with Gasteiger partial charge in [-0.25, -0.2) is 12.8 Å². The first-order chi connectivity index (χ1) is 8.87. The molecule has 0 saturated heterocycles. The van der Waals surface area contributed by atoms with E-state index in [0.29, 0.717) is 5.56 Å². The molecule has 19 heavy (non-hydrogen) atoms. The second-order valence-corrected chi connectivity index (χ2v) is 6.46. The Labute approximate surface area is 111 Å². The van der Waals surface area contributed by atoms with Gasteiger partial charge in [-0.05, 0) is 48.4 Å². The first-order valence-corrected chi connectivity index (χ1v) is 7.36. The van der Waals surface area contributed by atoms with Crippen LogP contribution in [-0.4, -0.2) is 8.42 Å². The fourth-order valence-corrected chi connectivity index (χ4v) is 3.29. The smallest absolute Gasteiger partial charge is 0.182 e. The minimum absolute atomic E-state index is 0.217. The predicted octanol–water partition coefficient (Wildman–Crippen LogP) is 2.69. The maximum atomic E-state index is 13.2. The molecule has 0 aromatic heterocycles. The molecular weight excluding hydrogens is 265 g/mol. The summed E-state index contributed by atoms with van der Waals surface area (Å²) in [5.74, 6) is -0.798. The van der Waals surface area contributed by atoms with Crippen molar-refractivity contribution >= 4 is 15.5 Å². The van der Waals surface area contributed by atoms with E-state index in [2.05, 4.69) is 0 Å². The van der Waals surface area contributed by atoms with E-state index in [0.717, 1.165) is 11.6 Å². The second-order valence-electron chi connectivity index (χ2n) is 4.47. The quantitative estimate of drug-likeness (QED) is 0.879. The first kappa shape index (κ1) is 13.5. The number of benzene rings is 2. The highest BCUT2D eigenvalue weighted by Crippen LogP contribution is 2.19. The van der Waals surface area contributed by atoms with Gasteiger partial charge in [0.1, 0.15) is 5.82 Å². The lowest BCUT2D eigenvalue weighted by atomic mass is 10.2. The molecule has 0 spiro atoms. The van der Waals surface area contributed by atoms with Crippen LogP contribution in [-0.2, 0) is 15.6 Å². The number of rotatable bonds is 3. The highest BCUT2D eigenvalue weighted by Gasteiger charge is 2.16. The van der Waals surface area contributed by atoms with Gasteiger partial charge in [0.15, 0.2) is 9.84 Å². The van der Waals surface area contributed by atoms with Crippen LogP contribution in [0.5, 0.6) is 0 Å². The lowest BCUT2D eigenvalue weighted by Gasteiger charge is -2.06. The summed E-state index contributed by atoms with van der Waals surface area (Å²) in [6.07, 6.45) is 0. The van der Waals surface area contributed by atoms with E-state index in [9.17, 15) is 12.8 Å². The molecule has 0 unspecified atom stereocenters. The van der Waals surface area contributed by atoms with Gasteiger partial charge in [0, 0.05) is 5.69 Å². The highest BCUT2D eigenvalue weighted by atomic mass is 32.2. The summed E-state index contributed by atoms with van der Waals surface area (Å²) in [4.78, 5) is 0.232. The van der Waals surface area contributed by atoms with Crippen LogP contribution in [0.25, 0.3) is 0 Å². The zero-order chi connectivity index (χ0) is 14.0. The summed E-state index contributed by atoms with van der Waals surface area (Å²) in [7, 11) is -3.49. The Balaban J connectivity index is 2.36. The summed E-state index contributed by atoms with van der Waals surface area (Å²) in [6, 6.07) is 10.4. The fraction of sp³-hybridized carbons (Fsp3) is 0.143. The summed E-state index contributed by atoms with van der Waals surface area (Å²) in [5, 5.41) is 0. The van der Waals surface area contributed by atoms with Crippen molar-refractivity contribution in [3.63, 3.8) is 0 Å². The Bertz CT molecular complexity index is 691. The van der Waals surface area contributed by atoms with Crippen molar-refractivity contribution in [1.82, 2.24) is 0 Å². The minimum Gasteiger partial charge on any atom is -0.399 e. The van der Waals surface area contributed by atoms with Crippen molar-refractivity contribution in [2.75, 3.05) is 5.73 Å². The van der Waals surface area contributed by atoms with E-state index in [4.69, 9.17) is 5.73 Å². The molecule has 0 aliphatic heterocycles. The zero-order valence-corrected chi connectivity index (χ0v) is 11.2. The van der Waals surface area contributed by atoms with Gasteiger partial charge in [-0.2, -0.15) is 0 Å². The number of anilines is 1. The third kappa shape index (κ3) is 3.32. The van der Waals surface area contributed by atoms with Gasteiger partial charge in [-0.3, -0.25) is 0 Å². The average molecular weight is 279 g/mol. The van der Waals surface area contributed by atoms with Crippen LogP contribution in [0.4, 0.5) is 10.1 Å². The Morgan fingerprint density at radius 1 is 1.16 bits per heavy atom. The number of nitrogens with two attached hydrogens (primary N) is 1. The maximum absolute atomic E-state index is 13.2. The number of hydrogen-bond donors (Lipinski definition) is 1. The third-order valence-corrected chi connectivity index (χ3v) is 4.37. The topological polar surface area (TPSA) is 60.2 Å². The number of sulfone groups is 1. The van der Waals surface area contributed by atoms with E-state index in [1.54, 1.807) is 12.1 Å². The summed E-state index contributed by atoms with van der Waals surface area (Å²) in [5.41, 5.74) is 6.93. The molecule has 2 rings (SSSR count). The predicted molar refractivity (Wildman–Crippen MR) is 72.9 cm³/mol. The minimum atomic E-state index is -3.49. The highest BCUT2D eigenvalue weighted by molar-refractivity contribution is 7.90. The molecule has 0 aliphatic carbocycles. The molecule has 0 saturated carbocycles. The largest absolute Gasteiger partial charge is 0.399 e. The van der Waals surface area contributed by atoms with Gasteiger partial charge in [-0.15, -0.1) is 0 Å². The Kier molecular flexibility index (Phi) is 3.57. The molecule has 2 N–H and O–H groups in total. The van der Waals surface area contributed by atoms with Crippen LogP contribution in [0.2, 0.25) is 0 Å². The van der Waals surface area contributed by atoms with Crippen LogP contribution in [0.3, 0.4) is 0 Å². The molecular formula is C14H14FNO2S. The molecule has 0 fully saturated rings. The van der Waals surface area contributed by atoms with Crippen molar-refractivity contribution < 1.29 is 12.8 Å². The molecule has 0 bridgehead atoms. The molecule has 2 aromatic carbocycles. The number of halogens is 1. The average Bonchev–Trinajstić information content (AvgIpc) is 2.26. The molecule has 5 heteroatoms. The van der Waals surface area contributed by atoms with E-state index < -0.39 is 15.7 Å². The van der Waals surface area contributed by atoms with E-state index in [1.165, 1.54) is 18.2 Å². The van der Waals surface area contributed by atoms with Gasteiger partial charge >= 0.3 is 0 Å². The van der Waals surface area contributed by atoms with E-state index in [-0.39, 0.29) is 16.3 Å². The van der Waals surface area contributed by atoms with Gasteiger partial charge in [-0.1, -0.05) is 12.1 Å². The third-order valence-electron chi connectivity index (χ3n) is 2.69. The van der Waals surface area contributed by atoms with Crippen LogP contribution < -0.4 is 5.73 Å². The SMILES string of the molecule is Cc1cccc(S(=O)(=O)Cc2cc(N)cc(F)c2)c1. The zero-order valence-electron chi connectivity index (χ0n) is 10.4. The number of hydrogen-bond acceptors (Lipinski definition) is 3. The lowest BCUT2D eigenvalue weighted by Crippen LogP contribution is -2.06. The number of aryl methyl sites for hydroxylation is 1. The monoisotopic (exact) mass is 279 g/mol. The molecule has 0 radical (unpaired) electrons. The second kappa shape index (κ2) is 5.01. The molecule has 0 amide bonds. The van der Waals surface area contributed by atoms with Crippen LogP contribution in [0.15, 0.2) is 47.4 Å². The standard InChI is InChI=1S/C14H14FNO2S/c1-10-3-2-4-14(5-10)19(17,18)9-11-6-12(15)8-13(16)7-11/h2-8H,9,16H2,1H3. The van der Waals surface area contributed by atoms with Gasteiger partial charge in [0.25, 0.3) is 0 Å². The summed E-state index contributed by atoms with van der Waals surface area (Å²) >= 11 is 0. The van der Waals surface area contributed by atoms with Crippen molar-refractivity contribution in [2.45, 2.75) is 17.6 Å². The van der Waals surface area contributed by atoms with E-state index in [1.807, 2.05) is 13.0 Å². The Morgan fingerprint density at radius 2 is 1.89 bits per heavy atom. The van der Waals surface area contributed by atoms with Crippen LogP contribution in [0.1, 0.15) is 11.1 Å². The van der Waals surface area contributed by atoms with E-state index >= 15 is 0 Å². The molecule has 2 aromatic rings. The molecule has 0 aliphatic rings. The number of nitrogen functional groups attached to an aromatic ring is 1. The molecule has 0 heterocycles. The fourth-order valence-electron chi connectivity index (χ4n) is 1.87. The first-order valence-electron chi connectivity index (χ1n) is 5.71. The summed E-state index contributed by atoms with van der Waals surface area (Å²) < 4.78 is 37.6. The van der Waals surface area contributed by atoms with Crippen molar-refractivity contribution in [1.29, 1.82) is 0 Å². The molecule has 0 atom stereocenters. The summed E-state index contributed by atoms with van der Waals surface area (Å²) in [6.45, 7) is 1.82. The van der Waals surface area contributed by atoms with Gasteiger partial charge < -0.3 is 5.73 Å². The van der Waals surface area contributed by atoms with Crippen molar-refractivity contribution in [3.8, 4) is 0 Å². The van der Waals surface area contributed by atoms with Crippen molar-refractivity contribution in [2.24, 2.45) is 0 Å². The lowest BCUT2D eigenvalue weighted by molar-refractivity contribution is 0.594. The molecule has 100 valence electrons. The van der Waals surface area contributed by atoms with Gasteiger partial charge in [0.2, 0.25) is 0 Å². The van der Waals surface area contributed by atoms with Crippen LogP contribution >= 0.6 is 0 Å². The van der Waals surface area contributed by atoms with Gasteiger partial charge in [0.05, 0.1) is 10.6 Å². The molecule has 3 nitrogen and oxygen atoms in total. The Morgan fingerprint density at radius 3 is 2.53 bits per heavy atom. The maximum Gasteiger partial charge on any atom is 0.182 e. The normalized spacial score (nSPS) is 11.5. The Hall–Kier alpha value is -1.88. The van der Waals surface area contributed by atoms with Crippen molar-refractivity contribution in [3.05, 3.63) is 59.4 Å².